The van der Waals surface area contributed by atoms with Crippen LogP contribution in [-0.4, -0.2) is 61.7 Å². The first-order valence-corrected chi connectivity index (χ1v) is 13.5. The number of allylic oxidation sites excluding steroid dienone is 1. The number of nitrogens with zero attached hydrogens (tertiary/aromatic N) is 3. The van der Waals surface area contributed by atoms with E-state index in [1.54, 1.807) is 32.0 Å². The van der Waals surface area contributed by atoms with Crippen molar-refractivity contribution in [2.24, 2.45) is 4.99 Å². The van der Waals surface area contributed by atoms with Gasteiger partial charge in [0.2, 0.25) is 0 Å². The number of para-hydroxylation sites is 1. The summed E-state index contributed by atoms with van der Waals surface area (Å²) in [6.45, 7) is 3.85. The lowest BCUT2D eigenvalue weighted by molar-refractivity contribution is -0.385. The zero-order valence-corrected chi connectivity index (χ0v) is 24.4. The predicted octanol–water partition coefficient (Wildman–Crippen LogP) is 2.45. The number of hydrogen-bond acceptors (Lipinski definition) is 12. The van der Waals surface area contributed by atoms with E-state index < -0.39 is 22.5 Å². The molecule has 1 aliphatic rings. The molecule has 0 fully saturated rings. The van der Waals surface area contributed by atoms with Crippen molar-refractivity contribution in [1.82, 2.24) is 4.57 Å². The standard InChI is InChI=1S/C28H29N3O10S/c1-6-40-25-18(8-7-9-19(25)38-4)23-22(27(34)41-11-10-37-3)15(2)29-28-30(23)26(33)21(42-28)13-16-12-17(31(35)36)14-20(39-5)24(16)32/h7-9,12-14,23,32H,6,10-11H2,1-5H3/b21-13+/t23-/m1/s1. The fourth-order valence-electron chi connectivity index (χ4n) is 4.51. The summed E-state index contributed by atoms with van der Waals surface area (Å²) in [5, 5.41) is 22.2. The summed E-state index contributed by atoms with van der Waals surface area (Å²) in [5.41, 5.74) is -0.0184. The molecule has 222 valence electrons. The van der Waals surface area contributed by atoms with Gasteiger partial charge in [-0.3, -0.25) is 19.5 Å². The number of hydrogen-bond donors (Lipinski definition) is 1. The van der Waals surface area contributed by atoms with Crippen LogP contribution in [0.25, 0.3) is 6.08 Å². The van der Waals surface area contributed by atoms with E-state index in [4.69, 9.17) is 23.7 Å². The quantitative estimate of drug-likeness (QED) is 0.150. The topological polar surface area (TPSA) is 161 Å². The van der Waals surface area contributed by atoms with Crippen LogP contribution in [0.15, 0.2) is 51.4 Å². The average molecular weight is 600 g/mol. The number of fused-ring (bicyclic) bond motifs is 1. The lowest BCUT2D eigenvalue weighted by Crippen LogP contribution is -2.40. The Kier molecular flexibility index (Phi) is 9.28. The van der Waals surface area contributed by atoms with E-state index in [2.05, 4.69) is 4.99 Å². The molecule has 0 saturated heterocycles. The highest BCUT2D eigenvalue weighted by molar-refractivity contribution is 7.07. The van der Waals surface area contributed by atoms with Gasteiger partial charge in [0.1, 0.15) is 12.6 Å². The third kappa shape index (κ3) is 5.71. The Hall–Kier alpha value is -4.69. The van der Waals surface area contributed by atoms with Crippen LogP contribution in [-0.2, 0) is 14.3 Å². The first-order chi connectivity index (χ1) is 20.2. The summed E-state index contributed by atoms with van der Waals surface area (Å²) in [6.07, 6.45) is 1.32. The molecule has 3 aromatic rings. The molecule has 1 N–H and O–H groups in total. The zero-order valence-electron chi connectivity index (χ0n) is 23.5. The molecule has 14 heteroatoms. The largest absolute Gasteiger partial charge is 0.504 e. The fraction of sp³-hybridized carbons (Fsp3) is 0.321. The minimum Gasteiger partial charge on any atom is -0.504 e. The maximum Gasteiger partial charge on any atom is 0.338 e. The molecule has 2 aromatic carbocycles. The first-order valence-electron chi connectivity index (χ1n) is 12.7. The molecule has 1 atom stereocenters. The molecule has 0 aliphatic carbocycles. The van der Waals surface area contributed by atoms with Gasteiger partial charge < -0.3 is 28.8 Å². The number of nitro benzene ring substituents is 1. The van der Waals surface area contributed by atoms with E-state index in [1.165, 1.54) is 32.0 Å². The number of phenols is 1. The molecule has 2 heterocycles. The maximum absolute atomic E-state index is 14.0. The van der Waals surface area contributed by atoms with Gasteiger partial charge in [0, 0.05) is 24.3 Å². The van der Waals surface area contributed by atoms with Gasteiger partial charge in [0.15, 0.2) is 27.8 Å². The molecule has 0 bridgehead atoms. The number of ether oxygens (including phenoxy) is 5. The number of aromatic nitrogens is 1. The molecule has 4 rings (SSSR count). The molecule has 1 aliphatic heterocycles. The van der Waals surface area contributed by atoms with Crippen LogP contribution >= 0.6 is 11.3 Å². The summed E-state index contributed by atoms with van der Waals surface area (Å²) < 4.78 is 28.4. The van der Waals surface area contributed by atoms with Gasteiger partial charge in [-0.15, -0.1) is 0 Å². The van der Waals surface area contributed by atoms with Crippen molar-refractivity contribution in [1.29, 1.82) is 0 Å². The number of carbonyl (C=O) groups is 1. The van der Waals surface area contributed by atoms with Gasteiger partial charge in [-0.05, 0) is 26.0 Å². The molecular weight excluding hydrogens is 570 g/mol. The Morgan fingerprint density at radius 3 is 2.57 bits per heavy atom. The van der Waals surface area contributed by atoms with E-state index >= 15 is 0 Å². The van der Waals surface area contributed by atoms with Crippen LogP contribution in [0.2, 0.25) is 0 Å². The molecule has 0 unspecified atom stereocenters. The summed E-state index contributed by atoms with van der Waals surface area (Å²) >= 11 is 0.988. The summed E-state index contributed by atoms with van der Waals surface area (Å²) in [4.78, 5) is 43.1. The van der Waals surface area contributed by atoms with Gasteiger partial charge >= 0.3 is 5.97 Å². The predicted molar refractivity (Wildman–Crippen MR) is 152 cm³/mol. The van der Waals surface area contributed by atoms with Crippen molar-refractivity contribution in [3.63, 3.8) is 0 Å². The van der Waals surface area contributed by atoms with Crippen molar-refractivity contribution in [3.05, 3.63) is 82.5 Å². The number of non-ortho nitro benzene ring substituents is 1. The second-order valence-electron chi connectivity index (χ2n) is 8.87. The number of nitro groups is 1. The smallest absolute Gasteiger partial charge is 0.338 e. The molecule has 1 aromatic heterocycles. The van der Waals surface area contributed by atoms with Gasteiger partial charge in [-0.1, -0.05) is 23.5 Å². The Morgan fingerprint density at radius 2 is 1.93 bits per heavy atom. The monoisotopic (exact) mass is 599 g/mol. The fourth-order valence-corrected chi connectivity index (χ4v) is 5.54. The van der Waals surface area contributed by atoms with Gasteiger partial charge in [0.25, 0.3) is 11.2 Å². The van der Waals surface area contributed by atoms with Gasteiger partial charge in [-0.2, -0.15) is 0 Å². The van der Waals surface area contributed by atoms with Crippen LogP contribution in [0.4, 0.5) is 5.69 Å². The van der Waals surface area contributed by atoms with Gasteiger partial charge in [0.05, 0.1) is 54.2 Å². The van der Waals surface area contributed by atoms with Crippen molar-refractivity contribution < 1.29 is 38.5 Å². The number of methoxy groups -OCH3 is 3. The lowest BCUT2D eigenvalue weighted by atomic mass is 9.94. The maximum atomic E-state index is 14.0. The second kappa shape index (κ2) is 12.9. The highest BCUT2D eigenvalue weighted by atomic mass is 32.1. The molecule has 42 heavy (non-hydrogen) atoms. The lowest BCUT2D eigenvalue weighted by Gasteiger charge is -2.27. The SMILES string of the molecule is CCOc1c(OC)cccc1[C@@H]1C(C(=O)OCCOC)=C(C)N=c2s/c(=C/c3cc([N+](=O)[O-])cc(OC)c3O)c(=O)n21. The Morgan fingerprint density at radius 1 is 1.19 bits per heavy atom. The zero-order chi connectivity index (χ0) is 30.6. The van der Waals surface area contributed by atoms with Crippen LogP contribution in [0.3, 0.4) is 0 Å². The van der Waals surface area contributed by atoms with Crippen LogP contribution < -0.4 is 29.1 Å². The number of thiazole rings is 1. The Bertz CT molecular complexity index is 1740. The summed E-state index contributed by atoms with van der Waals surface area (Å²) in [7, 11) is 4.22. The van der Waals surface area contributed by atoms with E-state index in [1.807, 2.05) is 0 Å². The summed E-state index contributed by atoms with van der Waals surface area (Å²) in [6, 6.07) is 6.31. The third-order valence-electron chi connectivity index (χ3n) is 6.38. The number of benzene rings is 2. The molecular formula is C28H29N3O10S. The van der Waals surface area contributed by atoms with Gasteiger partial charge in [-0.25, -0.2) is 9.79 Å². The van der Waals surface area contributed by atoms with Crippen LogP contribution in [0, 0.1) is 10.1 Å². The number of rotatable bonds is 11. The van der Waals surface area contributed by atoms with Crippen molar-refractivity contribution in [2.45, 2.75) is 19.9 Å². The van der Waals surface area contributed by atoms with Crippen LogP contribution in [0.1, 0.15) is 31.0 Å². The van der Waals surface area contributed by atoms with E-state index in [-0.39, 0.29) is 57.5 Å². The second-order valence-corrected chi connectivity index (χ2v) is 9.87. The number of esters is 1. The van der Waals surface area contributed by atoms with E-state index in [0.717, 1.165) is 23.5 Å². The number of aromatic hydroxyl groups is 1. The average Bonchev–Trinajstić information content (AvgIpc) is 3.27. The minimum absolute atomic E-state index is 0.00541. The number of carbonyl (C=O) groups excluding carboxylic acids is 1. The Balaban J connectivity index is 2.01. The molecule has 0 radical (unpaired) electrons. The van der Waals surface area contributed by atoms with E-state index in [0.29, 0.717) is 22.8 Å². The normalized spacial score (nSPS) is 14.7. The Labute approximate surface area is 243 Å². The van der Waals surface area contributed by atoms with Crippen molar-refractivity contribution >= 4 is 29.1 Å². The molecule has 13 nitrogen and oxygen atoms in total. The molecule has 0 spiro atoms. The first kappa shape index (κ1) is 30.3. The highest BCUT2D eigenvalue weighted by Crippen LogP contribution is 2.41. The van der Waals surface area contributed by atoms with Crippen molar-refractivity contribution in [3.8, 4) is 23.0 Å². The van der Waals surface area contributed by atoms with Crippen LogP contribution in [0.5, 0.6) is 23.0 Å². The molecule has 0 saturated carbocycles. The van der Waals surface area contributed by atoms with Crippen molar-refractivity contribution in [2.75, 3.05) is 41.2 Å². The molecule has 0 amide bonds. The summed E-state index contributed by atoms with van der Waals surface area (Å²) in [5.74, 6) is -0.475. The van der Waals surface area contributed by atoms with E-state index in [9.17, 15) is 24.8 Å². The number of phenolic OH excluding ortho intramolecular Hbond substituents is 1. The third-order valence-corrected chi connectivity index (χ3v) is 7.36. The highest BCUT2D eigenvalue weighted by Gasteiger charge is 2.36. The minimum atomic E-state index is -1.02.